The summed E-state index contributed by atoms with van der Waals surface area (Å²) in [4.78, 5) is 32.2. The zero-order valence-corrected chi connectivity index (χ0v) is 15.1. The Balaban J connectivity index is 2.88. The number of nitrogens with one attached hydrogen (secondary N) is 1. The SMILES string of the molecule is COC(=O)[C@@H](CCSC)NC(=O)c1nc(SC)ncc1Br. The number of rotatable bonds is 7. The van der Waals surface area contributed by atoms with E-state index < -0.39 is 17.9 Å². The first kappa shape index (κ1) is 18.2. The topological polar surface area (TPSA) is 81.2 Å². The molecule has 1 rings (SSSR count). The fraction of sp³-hybridized carbons (Fsp3) is 0.500. The Morgan fingerprint density at radius 2 is 2.19 bits per heavy atom. The standard InChI is InChI=1S/C12H16BrN3O3S2/c1-19-11(18)8(4-5-20-2)15-10(17)9-7(13)6-14-12(16-9)21-3/h6,8H,4-5H2,1-3H3,(H,15,17)/t8-/m1/s1. The molecule has 0 bridgehead atoms. The third-order valence-corrected chi connectivity index (χ3v) is 4.31. The van der Waals surface area contributed by atoms with E-state index >= 15 is 0 Å². The van der Waals surface area contributed by atoms with Crippen LogP contribution in [0.2, 0.25) is 0 Å². The van der Waals surface area contributed by atoms with Crippen molar-refractivity contribution in [3.63, 3.8) is 0 Å². The van der Waals surface area contributed by atoms with Gasteiger partial charge in [-0.1, -0.05) is 11.8 Å². The van der Waals surface area contributed by atoms with Crippen molar-refractivity contribution in [3.05, 3.63) is 16.4 Å². The molecule has 1 aromatic heterocycles. The summed E-state index contributed by atoms with van der Waals surface area (Å²) >= 11 is 6.17. The highest BCUT2D eigenvalue weighted by molar-refractivity contribution is 9.10. The van der Waals surface area contributed by atoms with Gasteiger partial charge in [-0.3, -0.25) is 4.79 Å². The van der Waals surface area contributed by atoms with Crippen LogP contribution < -0.4 is 5.32 Å². The van der Waals surface area contributed by atoms with E-state index in [0.717, 1.165) is 5.75 Å². The second kappa shape index (κ2) is 9.26. The fourth-order valence-corrected chi connectivity index (χ4v) is 2.65. The number of amides is 1. The van der Waals surface area contributed by atoms with Gasteiger partial charge in [-0.05, 0) is 40.6 Å². The minimum Gasteiger partial charge on any atom is -0.467 e. The van der Waals surface area contributed by atoms with Crippen molar-refractivity contribution < 1.29 is 14.3 Å². The van der Waals surface area contributed by atoms with Crippen molar-refractivity contribution in [2.75, 3.05) is 25.4 Å². The molecule has 1 heterocycles. The van der Waals surface area contributed by atoms with E-state index in [2.05, 4.69) is 31.2 Å². The van der Waals surface area contributed by atoms with Crippen molar-refractivity contribution in [2.45, 2.75) is 17.6 Å². The number of hydrogen-bond acceptors (Lipinski definition) is 7. The Morgan fingerprint density at radius 3 is 2.76 bits per heavy atom. The Labute approximate surface area is 140 Å². The molecule has 21 heavy (non-hydrogen) atoms. The lowest BCUT2D eigenvalue weighted by Crippen LogP contribution is -2.42. The molecule has 0 saturated heterocycles. The number of nitrogens with zero attached hydrogens (tertiary/aromatic N) is 2. The van der Waals surface area contributed by atoms with Gasteiger partial charge in [-0.25, -0.2) is 14.8 Å². The minimum atomic E-state index is -0.686. The molecule has 1 aromatic rings. The second-order valence-corrected chi connectivity index (χ2v) is 6.50. The van der Waals surface area contributed by atoms with Gasteiger partial charge in [0.25, 0.3) is 5.91 Å². The number of carbonyl (C=O) groups excluding carboxylic acids is 2. The molecule has 9 heteroatoms. The lowest BCUT2D eigenvalue weighted by molar-refractivity contribution is -0.142. The predicted molar refractivity (Wildman–Crippen MR) is 87.8 cm³/mol. The highest BCUT2D eigenvalue weighted by Crippen LogP contribution is 2.17. The van der Waals surface area contributed by atoms with Gasteiger partial charge >= 0.3 is 5.97 Å². The molecule has 1 amide bonds. The van der Waals surface area contributed by atoms with Crippen LogP contribution in [0.1, 0.15) is 16.9 Å². The molecular formula is C12H16BrN3O3S2. The molecule has 0 aliphatic carbocycles. The summed E-state index contributed by atoms with van der Waals surface area (Å²) in [6, 6.07) is -0.686. The summed E-state index contributed by atoms with van der Waals surface area (Å²) < 4.78 is 5.19. The van der Waals surface area contributed by atoms with Gasteiger partial charge in [0.2, 0.25) is 0 Å². The highest BCUT2D eigenvalue weighted by Gasteiger charge is 2.23. The van der Waals surface area contributed by atoms with Crippen LogP contribution in [-0.4, -0.2) is 53.3 Å². The van der Waals surface area contributed by atoms with Crippen LogP contribution in [0.5, 0.6) is 0 Å². The number of ether oxygens (including phenoxy) is 1. The molecule has 0 fully saturated rings. The quantitative estimate of drug-likeness (QED) is 0.430. The highest BCUT2D eigenvalue weighted by atomic mass is 79.9. The summed E-state index contributed by atoms with van der Waals surface area (Å²) in [5.74, 6) is -0.162. The van der Waals surface area contributed by atoms with Gasteiger partial charge in [0.05, 0.1) is 11.6 Å². The normalized spacial score (nSPS) is 11.8. The Hall–Kier alpha value is -0.800. The van der Waals surface area contributed by atoms with Crippen LogP contribution in [0.3, 0.4) is 0 Å². The van der Waals surface area contributed by atoms with Crippen LogP contribution in [0.4, 0.5) is 0 Å². The van der Waals surface area contributed by atoms with Gasteiger partial charge in [-0.2, -0.15) is 11.8 Å². The van der Waals surface area contributed by atoms with Crippen LogP contribution >= 0.6 is 39.5 Å². The molecule has 6 nitrogen and oxygen atoms in total. The predicted octanol–water partition coefficient (Wildman–Crippen LogP) is 1.99. The third-order valence-electron chi connectivity index (χ3n) is 2.52. The Kier molecular flexibility index (Phi) is 8.05. The minimum absolute atomic E-state index is 0.201. The molecule has 0 radical (unpaired) electrons. The first-order valence-corrected chi connectivity index (χ1v) is 9.38. The van der Waals surface area contributed by atoms with E-state index in [9.17, 15) is 9.59 Å². The summed E-state index contributed by atoms with van der Waals surface area (Å²) in [5, 5.41) is 3.14. The van der Waals surface area contributed by atoms with Crippen LogP contribution in [0.15, 0.2) is 15.8 Å². The van der Waals surface area contributed by atoms with Gasteiger partial charge in [0.15, 0.2) is 5.16 Å². The zero-order valence-electron chi connectivity index (χ0n) is 11.9. The van der Waals surface area contributed by atoms with Crippen molar-refractivity contribution >= 4 is 51.3 Å². The third kappa shape index (κ3) is 5.48. The van der Waals surface area contributed by atoms with Gasteiger partial charge in [-0.15, -0.1) is 0 Å². The summed E-state index contributed by atoms with van der Waals surface area (Å²) in [7, 11) is 1.30. The molecule has 0 aromatic carbocycles. The molecule has 0 spiro atoms. The van der Waals surface area contributed by atoms with E-state index in [0.29, 0.717) is 16.0 Å². The van der Waals surface area contributed by atoms with Crippen LogP contribution in [0, 0.1) is 0 Å². The van der Waals surface area contributed by atoms with Crippen LogP contribution in [-0.2, 0) is 9.53 Å². The maximum Gasteiger partial charge on any atom is 0.328 e. The lowest BCUT2D eigenvalue weighted by atomic mass is 10.2. The fourth-order valence-electron chi connectivity index (χ4n) is 1.46. The van der Waals surface area contributed by atoms with Gasteiger partial charge < -0.3 is 10.1 Å². The van der Waals surface area contributed by atoms with E-state index in [1.54, 1.807) is 11.8 Å². The van der Waals surface area contributed by atoms with E-state index in [1.165, 1.54) is 25.1 Å². The Morgan fingerprint density at radius 1 is 1.48 bits per heavy atom. The molecule has 0 aliphatic heterocycles. The largest absolute Gasteiger partial charge is 0.467 e. The summed E-state index contributed by atoms with van der Waals surface area (Å²) in [6.07, 6.45) is 5.77. The van der Waals surface area contributed by atoms with E-state index in [1.807, 2.05) is 12.5 Å². The van der Waals surface area contributed by atoms with Crippen molar-refractivity contribution in [3.8, 4) is 0 Å². The number of carbonyl (C=O) groups is 2. The summed E-state index contributed by atoms with van der Waals surface area (Å²) in [6.45, 7) is 0. The molecule has 0 aliphatic rings. The monoisotopic (exact) mass is 393 g/mol. The summed E-state index contributed by atoms with van der Waals surface area (Å²) in [5.41, 5.74) is 0.201. The molecule has 1 N–H and O–H groups in total. The van der Waals surface area contributed by atoms with Gasteiger partial charge in [0, 0.05) is 6.20 Å². The van der Waals surface area contributed by atoms with Gasteiger partial charge in [0.1, 0.15) is 11.7 Å². The second-order valence-electron chi connectivity index (χ2n) is 3.88. The average molecular weight is 394 g/mol. The number of methoxy groups -OCH3 is 1. The van der Waals surface area contributed by atoms with Crippen molar-refractivity contribution in [1.82, 2.24) is 15.3 Å². The first-order valence-electron chi connectivity index (χ1n) is 5.97. The number of thioether (sulfide) groups is 2. The number of aromatic nitrogens is 2. The van der Waals surface area contributed by atoms with Crippen molar-refractivity contribution in [1.29, 1.82) is 0 Å². The zero-order chi connectivity index (χ0) is 15.8. The molecule has 0 saturated carbocycles. The molecule has 0 unspecified atom stereocenters. The average Bonchev–Trinajstić information content (AvgIpc) is 2.50. The maximum atomic E-state index is 12.3. The smallest absolute Gasteiger partial charge is 0.328 e. The Bertz CT molecular complexity index is 517. The first-order chi connectivity index (χ1) is 10.0. The lowest BCUT2D eigenvalue weighted by Gasteiger charge is -2.16. The van der Waals surface area contributed by atoms with E-state index in [-0.39, 0.29) is 5.69 Å². The number of esters is 1. The maximum absolute atomic E-state index is 12.3. The van der Waals surface area contributed by atoms with Crippen molar-refractivity contribution in [2.24, 2.45) is 0 Å². The molecule has 1 atom stereocenters. The number of hydrogen-bond donors (Lipinski definition) is 1. The number of halogens is 1. The van der Waals surface area contributed by atoms with Crippen LogP contribution in [0.25, 0.3) is 0 Å². The van der Waals surface area contributed by atoms with E-state index in [4.69, 9.17) is 4.74 Å². The molecule has 116 valence electrons. The molecular weight excluding hydrogens is 378 g/mol.